The van der Waals surface area contributed by atoms with Crippen LogP contribution in [0.5, 0.6) is 0 Å². The summed E-state index contributed by atoms with van der Waals surface area (Å²) in [6.07, 6.45) is 0.627. The first-order chi connectivity index (χ1) is 8.97. The van der Waals surface area contributed by atoms with Crippen molar-refractivity contribution < 1.29 is 4.39 Å². The molecule has 2 aromatic rings. The van der Waals surface area contributed by atoms with Gasteiger partial charge in [0.1, 0.15) is 5.82 Å². The SMILES string of the molecule is Cc1cccc(C)c1C(N)Cc1cc(F)cc(Br)c1. The molecule has 1 atom stereocenters. The zero-order valence-corrected chi connectivity index (χ0v) is 12.7. The van der Waals surface area contributed by atoms with E-state index < -0.39 is 0 Å². The fraction of sp³-hybridized carbons (Fsp3) is 0.250. The molecule has 0 saturated carbocycles. The molecule has 0 saturated heterocycles. The number of rotatable bonds is 3. The Hall–Kier alpha value is -1.19. The fourth-order valence-electron chi connectivity index (χ4n) is 2.50. The molecule has 2 N–H and O–H groups in total. The molecule has 0 aliphatic rings. The van der Waals surface area contributed by atoms with Crippen molar-refractivity contribution in [2.75, 3.05) is 0 Å². The van der Waals surface area contributed by atoms with Crippen molar-refractivity contribution in [3.8, 4) is 0 Å². The maximum absolute atomic E-state index is 13.4. The molecule has 0 aromatic heterocycles. The summed E-state index contributed by atoms with van der Waals surface area (Å²) in [7, 11) is 0. The van der Waals surface area contributed by atoms with E-state index in [4.69, 9.17) is 5.73 Å². The van der Waals surface area contributed by atoms with Gasteiger partial charge in [-0.25, -0.2) is 4.39 Å². The highest BCUT2D eigenvalue weighted by molar-refractivity contribution is 9.10. The lowest BCUT2D eigenvalue weighted by molar-refractivity contribution is 0.620. The molecule has 0 bridgehead atoms. The minimum atomic E-state index is -0.238. The number of benzene rings is 2. The van der Waals surface area contributed by atoms with E-state index in [1.165, 1.54) is 23.3 Å². The average Bonchev–Trinajstić information content (AvgIpc) is 2.26. The Bertz CT molecular complexity index is 555. The number of hydrogen-bond acceptors (Lipinski definition) is 1. The molecule has 0 fully saturated rings. The van der Waals surface area contributed by atoms with Crippen LogP contribution in [-0.2, 0) is 6.42 Å². The second kappa shape index (κ2) is 5.85. The molecular formula is C16H17BrFN. The van der Waals surface area contributed by atoms with Crippen LogP contribution in [0.1, 0.15) is 28.3 Å². The molecule has 0 amide bonds. The van der Waals surface area contributed by atoms with Gasteiger partial charge in [-0.1, -0.05) is 34.1 Å². The van der Waals surface area contributed by atoms with Gasteiger partial charge in [0.25, 0.3) is 0 Å². The maximum Gasteiger partial charge on any atom is 0.124 e. The zero-order valence-electron chi connectivity index (χ0n) is 11.1. The van der Waals surface area contributed by atoms with Gasteiger partial charge >= 0.3 is 0 Å². The van der Waals surface area contributed by atoms with Crippen LogP contribution in [0, 0.1) is 19.7 Å². The van der Waals surface area contributed by atoms with Crippen LogP contribution in [0.3, 0.4) is 0 Å². The Balaban J connectivity index is 2.28. The highest BCUT2D eigenvalue weighted by Crippen LogP contribution is 2.24. The van der Waals surface area contributed by atoms with Crippen LogP contribution < -0.4 is 5.73 Å². The van der Waals surface area contributed by atoms with Gasteiger partial charge in [0.15, 0.2) is 0 Å². The van der Waals surface area contributed by atoms with Gasteiger partial charge in [-0.2, -0.15) is 0 Å². The van der Waals surface area contributed by atoms with Crippen molar-refractivity contribution in [2.24, 2.45) is 5.73 Å². The smallest absolute Gasteiger partial charge is 0.124 e. The lowest BCUT2D eigenvalue weighted by Gasteiger charge is -2.17. The molecule has 2 rings (SSSR count). The summed E-state index contributed by atoms with van der Waals surface area (Å²) < 4.78 is 14.1. The summed E-state index contributed by atoms with van der Waals surface area (Å²) in [5.74, 6) is -0.238. The Morgan fingerprint density at radius 3 is 2.37 bits per heavy atom. The molecule has 100 valence electrons. The summed E-state index contributed by atoms with van der Waals surface area (Å²) >= 11 is 3.31. The summed E-state index contributed by atoms with van der Waals surface area (Å²) in [4.78, 5) is 0. The first-order valence-electron chi connectivity index (χ1n) is 6.24. The highest BCUT2D eigenvalue weighted by atomic mass is 79.9. The third-order valence-corrected chi connectivity index (χ3v) is 3.75. The summed E-state index contributed by atoms with van der Waals surface area (Å²) in [6, 6.07) is 10.9. The van der Waals surface area contributed by atoms with E-state index in [-0.39, 0.29) is 11.9 Å². The van der Waals surface area contributed by atoms with Crippen LogP contribution in [0.15, 0.2) is 40.9 Å². The lowest BCUT2D eigenvalue weighted by atomic mass is 9.92. The molecule has 0 heterocycles. The minimum absolute atomic E-state index is 0.116. The maximum atomic E-state index is 13.4. The van der Waals surface area contributed by atoms with E-state index in [1.807, 2.05) is 12.1 Å². The Morgan fingerprint density at radius 2 is 1.79 bits per heavy atom. The molecule has 1 unspecified atom stereocenters. The quantitative estimate of drug-likeness (QED) is 0.888. The molecular weight excluding hydrogens is 305 g/mol. The monoisotopic (exact) mass is 321 g/mol. The summed E-state index contributed by atoms with van der Waals surface area (Å²) in [6.45, 7) is 4.12. The molecule has 0 spiro atoms. The third-order valence-electron chi connectivity index (χ3n) is 3.29. The third kappa shape index (κ3) is 3.43. The van der Waals surface area contributed by atoms with Crippen LogP contribution in [0.2, 0.25) is 0 Å². The van der Waals surface area contributed by atoms with Crippen LogP contribution in [-0.4, -0.2) is 0 Å². The fourth-order valence-corrected chi connectivity index (χ4v) is 3.01. The highest BCUT2D eigenvalue weighted by Gasteiger charge is 2.13. The van der Waals surface area contributed by atoms with Crippen molar-refractivity contribution in [3.63, 3.8) is 0 Å². The predicted molar refractivity (Wildman–Crippen MR) is 80.6 cm³/mol. The minimum Gasteiger partial charge on any atom is -0.324 e. The van der Waals surface area contributed by atoms with E-state index >= 15 is 0 Å². The van der Waals surface area contributed by atoms with E-state index in [9.17, 15) is 4.39 Å². The van der Waals surface area contributed by atoms with Gasteiger partial charge in [-0.15, -0.1) is 0 Å². The Morgan fingerprint density at radius 1 is 1.16 bits per heavy atom. The Kier molecular flexibility index (Phi) is 4.38. The predicted octanol–water partition coefficient (Wildman–Crippen LogP) is 4.45. The van der Waals surface area contributed by atoms with Crippen molar-refractivity contribution in [2.45, 2.75) is 26.3 Å². The normalized spacial score (nSPS) is 12.5. The standard InChI is InChI=1S/C16H17BrFN/c1-10-4-3-5-11(2)16(10)15(19)8-12-6-13(17)9-14(18)7-12/h3-7,9,15H,8,19H2,1-2H3. The summed E-state index contributed by atoms with van der Waals surface area (Å²) in [5, 5.41) is 0. The number of aryl methyl sites for hydroxylation is 2. The topological polar surface area (TPSA) is 26.0 Å². The van der Waals surface area contributed by atoms with Gasteiger partial charge < -0.3 is 5.73 Å². The molecule has 1 nitrogen and oxygen atoms in total. The van der Waals surface area contributed by atoms with Crippen molar-refractivity contribution in [1.29, 1.82) is 0 Å². The molecule has 0 aliphatic carbocycles. The number of halogens is 2. The molecule has 2 aromatic carbocycles. The molecule has 3 heteroatoms. The zero-order chi connectivity index (χ0) is 14.0. The van der Waals surface area contributed by atoms with Gasteiger partial charge in [-0.3, -0.25) is 0 Å². The van der Waals surface area contributed by atoms with E-state index in [2.05, 4.69) is 41.9 Å². The first-order valence-corrected chi connectivity index (χ1v) is 7.03. The lowest BCUT2D eigenvalue weighted by Crippen LogP contribution is -2.16. The molecule has 0 aliphatic heterocycles. The van der Waals surface area contributed by atoms with E-state index in [0.29, 0.717) is 6.42 Å². The van der Waals surface area contributed by atoms with Crippen LogP contribution >= 0.6 is 15.9 Å². The van der Waals surface area contributed by atoms with Gasteiger partial charge in [0.2, 0.25) is 0 Å². The van der Waals surface area contributed by atoms with Crippen molar-refractivity contribution >= 4 is 15.9 Å². The van der Waals surface area contributed by atoms with E-state index in [1.54, 1.807) is 0 Å². The second-order valence-electron chi connectivity index (χ2n) is 4.89. The Labute approximate surface area is 121 Å². The van der Waals surface area contributed by atoms with Crippen molar-refractivity contribution in [3.05, 3.63) is 68.9 Å². The largest absolute Gasteiger partial charge is 0.324 e. The second-order valence-corrected chi connectivity index (χ2v) is 5.81. The number of hydrogen-bond donors (Lipinski definition) is 1. The van der Waals surface area contributed by atoms with Gasteiger partial charge in [0.05, 0.1) is 0 Å². The van der Waals surface area contributed by atoms with Gasteiger partial charge in [0, 0.05) is 10.5 Å². The summed E-state index contributed by atoms with van der Waals surface area (Å²) in [5.41, 5.74) is 10.7. The van der Waals surface area contributed by atoms with Crippen LogP contribution in [0.25, 0.3) is 0 Å². The average molecular weight is 322 g/mol. The van der Waals surface area contributed by atoms with Crippen LogP contribution in [0.4, 0.5) is 4.39 Å². The number of nitrogens with two attached hydrogens (primary N) is 1. The van der Waals surface area contributed by atoms with Gasteiger partial charge in [-0.05, 0) is 60.7 Å². The van der Waals surface area contributed by atoms with Crippen molar-refractivity contribution in [1.82, 2.24) is 0 Å². The molecule has 0 radical (unpaired) electrons. The molecule has 19 heavy (non-hydrogen) atoms. The first kappa shape index (κ1) is 14.2. The van der Waals surface area contributed by atoms with E-state index in [0.717, 1.165) is 15.6 Å².